The highest BCUT2D eigenvalue weighted by Crippen LogP contribution is 2.10. The number of rotatable bonds is 5. The minimum atomic E-state index is -1.03. The maximum Gasteiger partial charge on any atom is 0.326 e. The molecule has 0 radical (unpaired) electrons. The quantitative estimate of drug-likeness (QED) is 0.747. The molecule has 1 rings (SSSR count). The number of urea groups is 1. The van der Waals surface area contributed by atoms with E-state index < -0.39 is 18.0 Å². The van der Waals surface area contributed by atoms with Gasteiger partial charge in [-0.3, -0.25) is 0 Å². The first-order valence-corrected chi connectivity index (χ1v) is 5.89. The molecule has 0 spiro atoms. The molecule has 18 heavy (non-hydrogen) atoms. The molecule has 0 saturated heterocycles. The second kappa shape index (κ2) is 6.64. The molecule has 0 aliphatic rings. The van der Waals surface area contributed by atoms with Crippen molar-refractivity contribution in [2.24, 2.45) is 0 Å². The highest BCUT2D eigenvalue weighted by atomic mass is 16.4. The summed E-state index contributed by atoms with van der Waals surface area (Å²) in [6.45, 7) is 3.55. The topological polar surface area (TPSA) is 78.4 Å². The van der Waals surface area contributed by atoms with Gasteiger partial charge in [-0.15, -0.1) is 0 Å². The minimum absolute atomic E-state index is 0.169. The summed E-state index contributed by atoms with van der Waals surface area (Å²) in [5.74, 6) is -1.03. The van der Waals surface area contributed by atoms with Crippen LogP contribution >= 0.6 is 0 Å². The van der Waals surface area contributed by atoms with Crippen molar-refractivity contribution in [3.8, 4) is 0 Å². The van der Waals surface area contributed by atoms with E-state index in [0.717, 1.165) is 5.56 Å². The van der Waals surface area contributed by atoms with Gasteiger partial charge in [-0.25, -0.2) is 9.59 Å². The van der Waals surface area contributed by atoms with Crippen molar-refractivity contribution in [1.29, 1.82) is 0 Å². The van der Waals surface area contributed by atoms with Gasteiger partial charge in [0.1, 0.15) is 6.04 Å². The van der Waals surface area contributed by atoms with Crippen molar-refractivity contribution < 1.29 is 14.7 Å². The number of carboxylic acid groups (broad SMARTS) is 1. The van der Waals surface area contributed by atoms with E-state index in [2.05, 4.69) is 10.6 Å². The van der Waals surface area contributed by atoms with Crippen LogP contribution in [0.1, 0.15) is 31.9 Å². The summed E-state index contributed by atoms with van der Waals surface area (Å²) in [6, 6.07) is 7.98. The zero-order valence-corrected chi connectivity index (χ0v) is 10.5. The van der Waals surface area contributed by atoms with Crippen LogP contribution in [-0.2, 0) is 4.79 Å². The lowest BCUT2D eigenvalue weighted by molar-refractivity contribution is -0.139. The Balaban J connectivity index is 2.52. The van der Waals surface area contributed by atoms with Crippen molar-refractivity contribution in [3.05, 3.63) is 35.9 Å². The largest absolute Gasteiger partial charge is 0.480 e. The van der Waals surface area contributed by atoms with Gasteiger partial charge < -0.3 is 15.7 Å². The zero-order valence-electron chi connectivity index (χ0n) is 10.5. The predicted octanol–water partition coefficient (Wildman–Crippen LogP) is 1.91. The number of carbonyl (C=O) groups excluding carboxylic acids is 1. The summed E-state index contributed by atoms with van der Waals surface area (Å²) < 4.78 is 0. The van der Waals surface area contributed by atoms with Gasteiger partial charge in [0, 0.05) is 0 Å². The van der Waals surface area contributed by atoms with E-state index in [0.29, 0.717) is 6.42 Å². The summed E-state index contributed by atoms with van der Waals surface area (Å²) in [7, 11) is 0. The number of benzene rings is 1. The molecular weight excluding hydrogens is 232 g/mol. The summed E-state index contributed by atoms with van der Waals surface area (Å²) in [4.78, 5) is 22.4. The Hall–Kier alpha value is -2.04. The Morgan fingerprint density at radius 2 is 1.83 bits per heavy atom. The van der Waals surface area contributed by atoms with Crippen LogP contribution in [0.2, 0.25) is 0 Å². The number of carbonyl (C=O) groups is 2. The first-order chi connectivity index (χ1) is 8.54. The molecule has 0 aliphatic heterocycles. The van der Waals surface area contributed by atoms with E-state index in [4.69, 9.17) is 5.11 Å². The number of amides is 2. The monoisotopic (exact) mass is 250 g/mol. The van der Waals surface area contributed by atoms with E-state index in [1.165, 1.54) is 0 Å². The van der Waals surface area contributed by atoms with Crippen molar-refractivity contribution in [3.63, 3.8) is 0 Å². The van der Waals surface area contributed by atoms with Gasteiger partial charge in [-0.2, -0.15) is 0 Å². The molecule has 0 aromatic heterocycles. The highest BCUT2D eigenvalue weighted by molar-refractivity contribution is 5.82. The third-order valence-electron chi connectivity index (χ3n) is 2.66. The molecular formula is C13H18N2O3. The smallest absolute Gasteiger partial charge is 0.326 e. The van der Waals surface area contributed by atoms with E-state index in [9.17, 15) is 9.59 Å². The lowest BCUT2D eigenvalue weighted by Crippen LogP contribution is -2.46. The first kappa shape index (κ1) is 14.0. The Labute approximate surface area is 106 Å². The van der Waals surface area contributed by atoms with Crippen molar-refractivity contribution in [1.82, 2.24) is 10.6 Å². The van der Waals surface area contributed by atoms with Crippen LogP contribution in [0.25, 0.3) is 0 Å². The van der Waals surface area contributed by atoms with Crippen molar-refractivity contribution >= 4 is 12.0 Å². The molecule has 1 aromatic carbocycles. The third-order valence-corrected chi connectivity index (χ3v) is 2.66. The molecule has 0 aliphatic carbocycles. The van der Waals surface area contributed by atoms with Gasteiger partial charge in [0.25, 0.3) is 0 Å². The van der Waals surface area contributed by atoms with Gasteiger partial charge in [0.2, 0.25) is 0 Å². The van der Waals surface area contributed by atoms with Gasteiger partial charge in [0.05, 0.1) is 6.04 Å². The van der Waals surface area contributed by atoms with Gasteiger partial charge in [0.15, 0.2) is 0 Å². The zero-order chi connectivity index (χ0) is 13.5. The second-order valence-corrected chi connectivity index (χ2v) is 4.05. The molecule has 1 aromatic rings. The molecule has 2 atom stereocenters. The molecule has 0 bridgehead atoms. The fourth-order valence-corrected chi connectivity index (χ4v) is 1.56. The number of aliphatic carboxylic acids is 1. The molecule has 0 saturated carbocycles. The lowest BCUT2D eigenvalue weighted by atomic mass is 10.1. The summed E-state index contributed by atoms with van der Waals surface area (Å²) in [5, 5.41) is 14.0. The van der Waals surface area contributed by atoms with Crippen LogP contribution in [0.5, 0.6) is 0 Å². The molecule has 98 valence electrons. The predicted molar refractivity (Wildman–Crippen MR) is 68.2 cm³/mol. The normalized spacial score (nSPS) is 13.4. The average Bonchev–Trinajstić information content (AvgIpc) is 2.36. The fourth-order valence-electron chi connectivity index (χ4n) is 1.56. The molecule has 2 amide bonds. The van der Waals surface area contributed by atoms with E-state index in [-0.39, 0.29) is 6.04 Å². The van der Waals surface area contributed by atoms with Crippen LogP contribution < -0.4 is 10.6 Å². The Morgan fingerprint density at radius 1 is 1.22 bits per heavy atom. The number of nitrogens with one attached hydrogen (secondary N) is 2. The fraction of sp³-hybridized carbons (Fsp3) is 0.385. The van der Waals surface area contributed by atoms with Crippen LogP contribution in [0.4, 0.5) is 4.79 Å². The number of hydrogen-bond acceptors (Lipinski definition) is 2. The number of hydrogen-bond donors (Lipinski definition) is 3. The average molecular weight is 250 g/mol. The Bertz CT molecular complexity index is 406. The van der Waals surface area contributed by atoms with E-state index >= 15 is 0 Å². The van der Waals surface area contributed by atoms with Crippen LogP contribution in [0.15, 0.2) is 30.3 Å². The highest BCUT2D eigenvalue weighted by Gasteiger charge is 2.18. The number of carboxylic acids is 1. The van der Waals surface area contributed by atoms with Crippen LogP contribution in [0, 0.1) is 0 Å². The second-order valence-electron chi connectivity index (χ2n) is 4.05. The molecule has 5 heteroatoms. The molecule has 2 unspecified atom stereocenters. The minimum Gasteiger partial charge on any atom is -0.480 e. The van der Waals surface area contributed by atoms with Crippen molar-refractivity contribution in [2.75, 3.05) is 0 Å². The summed E-state index contributed by atoms with van der Waals surface area (Å²) in [5.41, 5.74) is 0.969. The Morgan fingerprint density at radius 3 is 2.33 bits per heavy atom. The molecule has 3 N–H and O–H groups in total. The maximum absolute atomic E-state index is 11.6. The van der Waals surface area contributed by atoms with Gasteiger partial charge in [-0.1, -0.05) is 37.3 Å². The SMILES string of the molecule is CCC(NC(=O)NC(C)c1ccccc1)C(=O)O. The van der Waals surface area contributed by atoms with Gasteiger partial charge >= 0.3 is 12.0 Å². The molecule has 0 fully saturated rings. The van der Waals surface area contributed by atoms with Crippen LogP contribution in [0.3, 0.4) is 0 Å². The molecule has 0 heterocycles. The summed E-state index contributed by atoms with van der Waals surface area (Å²) in [6.07, 6.45) is 0.350. The van der Waals surface area contributed by atoms with E-state index in [1.54, 1.807) is 6.92 Å². The maximum atomic E-state index is 11.6. The van der Waals surface area contributed by atoms with E-state index in [1.807, 2.05) is 37.3 Å². The van der Waals surface area contributed by atoms with Crippen LogP contribution in [-0.4, -0.2) is 23.1 Å². The lowest BCUT2D eigenvalue weighted by Gasteiger charge is -2.17. The third kappa shape index (κ3) is 4.08. The standard InChI is InChI=1S/C13H18N2O3/c1-3-11(12(16)17)15-13(18)14-9(2)10-7-5-4-6-8-10/h4-9,11H,3H2,1-2H3,(H,16,17)(H2,14,15,18). The first-order valence-electron chi connectivity index (χ1n) is 5.89. The molecule has 5 nitrogen and oxygen atoms in total. The Kier molecular flexibility index (Phi) is 5.17. The summed E-state index contributed by atoms with van der Waals surface area (Å²) >= 11 is 0. The van der Waals surface area contributed by atoms with Crippen molar-refractivity contribution in [2.45, 2.75) is 32.4 Å². The van der Waals surface area contributed by atoms with Gasteiger partial charge in [-0.05, 0) is 18.9 Å².